The van der Waals surface area contributed by atoms with Gasteiger partial charge in [-0.1, -0.05) is 0 Å². The van der Waals surface area contributed by atoms with Gasteiger partial charge in [0.25, 0.3) is 0 Å². The average molecular weight is 438 g/mol. The minimum atomic E-state index is -0.0427. The largest absolute Gasteiger partial charge is 0.469 e. The first-order chi connectivity index (χ1) is 10.5. The molecule has 23 heavy (non-hydrogen) atoms. The highest BCUT2D eigenvalue weighted by molar-refractivity contribution is 14.0. The van der Waals surface area contributed by atoms with Gasteiger partial charge in [0.05, 0.1) is 12.9 Å². The summed E-state index contributed by atoms with van der Waals surface area (Å²) in [6.45, 7) is 3.88. The number of carbonyl (C=O) groups excluding carboxylic acids is 1. The van der Waals surface area contributed by atoms with Crippen LogP contribution in [0.1, 0.15) is 11.3 Å². The van der Waals surface area contributed by atoms with Gasteiger partial charge in [0.1, 0.15) is 12.3 Å². The molecule has 0 fully saturated rings. The van der Waals surface area contributed by atoms with Gasteiger partial charge < -0.3 is 24.3 Å². The Hall–Kier alpha value is -1.29. The van der Waals surface area contributed by atoms with Crippen molar-refractivity contribution in [3.8, 4) is 0 Å². The van der Waals surface area contributed by atoms with E-state index in [2.05, 4.69) is 10.3 Å². The summed E-state index contributed by atoms with van der Waals surface area (Å²) in [5.74, 6) is 1.50. The Morgan fingerprint density at radius 1 is 1.39 bits per heavy atom. The number of nitrogens with zero attached hydrogens (tertiary/aromatic N) is 3. The molecule has 7 nitrogen and oxygen atoms in total. The average Bonchev–Trinajstić information content (AvgIpc) is 2.87. The van der Waals surface area contributed by atoms with E-state index in [0.717, 1.165) is 11.3 Å². The maximum absolute atomic E-state index is 11.7. The molecule has 0 unspecified atom stereocenters. The van der Waals surface area contributed by atoms with E-state index in [-0.39, 0.29) is 36.4 Å². The molecule has 1 aromatic rings. The fourth-order valence-electron chi connectivity index (χ4n) is 1.77. The molecule has 8 heteroatoms. The molecule has 0 aliphatic heterocycles. The maximum Gasteiger partial charge on any atom is 0.243 e. The molecule has 0 aliphatic rings. The Labute approximate surface area is 155 Å². The monoisotopic (exact) mass is 438 g/mol. The van der Waals surface area contributed by atoms with Crippen molar-refractivity contribution in [2.24, 2.45) is 4.99 Å². The number of likely N-dealkylation sites (N-methyl/N-ethyl adjacent to an activating group) is 1. The molecule has 0 saturated heterocycles. The van der Waals surface area contributed by atoms with Crippen LogP contribution in [-0.4, -0.2) is 69.6 Å². The highest BCUT2D eigenvalue weighted by atomic mass is 127. The van der Waals surface area contributed by atoms with Gasteiger partial charge in [0.2, 0.25) is 5.91 Å². The number of hydrogen-bond donors (Lipinski definition) is 1. The van der Waals surface area contributed by atoms with Crippen molar-refractivity contribution in [2.45, 2.75) is 13.5 Å². The topological polar surface area (TPSA) is 70.3 Å². The Morgan fingerprint density at radius 3 is 2.61 bits per heavy atom. The van der Waals surface area contributed by atoms with E-state index in [0.29, 0.717) is 25.7 Å². The first kappa shape index (κ1) is 21.7. The molecule has 0 bridgehead atoms. The molecule has 1 rings (SSSR count). The Bertz CT molecular complexity index is 503. The zero-order valence-corrected chi connectivity index (χ0v) is 16.8. The standard InChI is InChI=1S/C15H26N4O3.HI/c1-12-13(6-8-22-12)11-19(4)15(16-7-9-21-5)17-10-14(20)18(2)3;/h6,8H,7,9-11H2,1-5H3,(H,16,17);1H. The SMILES string of the molecule is COCCNC(=NCC(=O)N(C)C)N(C)Cc1ccoc1C.I. The van der Waals surface area contributed by atoms with Gasteiger partial charge in [-0.15, -0.1) is 24.0 Å². The van der Waals surface area contributed by atoms with Crippen LogP contribution >= 0.6 is 24.0 Å². The number of halogens is 1. The van der Waals surface area contributed by atoms with Gasteiger partial charge in [0, 0.05) is 46.9 Å². The number of methoxy groups -OCH3 is 1. The van der Waals surface area contributed by atoms with Crippen molar-refractivity contribution in [3.05, 3.63) is 23.7 Å². The molecule has 0 radical (unpaired) electrons. The minimum Gasteiger partial charge on any atom is -0.469 e. The summed E-state index contributed by atoms with van der Waals surface area (Å²) in [6, 6.07) is 1.93. The van der Waals surface area contributed by atoms with Crippen LogP contribution in [0.5, 0.6) is 0 Å². The highest BCUT2D eigenvalue weighted by Gasteiger charge is 2.11. The van der Waals surface area contributed by atoms with Crippen LogP contribution in [0.25, 0.3) is 0 Å². The van der Waals surface area contributed by atoms with E-state index in [1.807, 2.05) is 24.9 Å². The molecule has 0 atom stereocenters. The minimum absolute atomic E-state index is 0. The molecule has 0 spiro atoms. The molecule has 0 saturated carbocycles. The third kappa shape index (κ3) is 7.69. The van der Waals surface area contributed by atoms with Gasteiger partial charge in [-0.3, -0.25) is 4.79 Å². The lowest BCUT2D eigenvalue weighted by atomic mass is 10.2. The van der Waals surface area contributed by atoms with Gasteiger partial charge >= 0.3 is 0 Å². The van der Waals surface area contributed by atoms with Crippen molar-refractivity contribution >= 4 is 35.8 Å². The lowest BCUT2D eigenvalue weighted by Crippen LogP contribution is -2.41. The lowest BCUT2D eigenvalue weighted by Gasteiger charge is -2.22. The molecular weight excluding hydrogens is 411 g/mol. The van der Waals surface area contributed by atoms with Crippen molar-refractivity contribution in [2.75, 3.05) is 47.9 Å². The first-order valence-corrected chi connectivity index (χ1v) is 7.17. The Kier molecular flexibility index (Phi) is 10.6. The number of nitrogens with one attached hydrogen (secondary N) is 1. The van der Waals surface area contributed by atoms with Gasteiger partial charge in [-0.25, -0.2) is 4.99 Å². The number of guanidine groups is 1. The van der Waals surface area contributed by atoms with E-state index in [1.165, 1.54) is 4.90 Å². The zero-order chi connectivity index (χ0) is 16.5. The van der Waals surface area contributed by atoms with Crippen LogP contribution in [0.3, 0.4) is 0 Å². The van der Waals surface area contributed by atoms with Gasteiger partial charge in [-0.05, 0) is 13.0 Å². The summed E-state index contributed by atoms with van der Waals surface area (Å²) in [5.41, 5.74) is 1.09. The maximum atomic E-state index is 11.7. The number of ether oxygens (including phenoxy) is 1. The number of aryl methyl sites for hydroxylation is 1. The number of furan rings is 1. The molecule has 1 heterocycles. The summed E-state index contributed by atoms with van der Waals surface area (Å²) in [5, 5.41) is 3.20. The fourth-order valence-corrected chi connectivity index (χ4v) is 1.77. The lowest BCUT2D eigenvalue weighted by molar-refractivity contribution is -0.127. The second kappa shape index (κ2) is 11.3. The number of carbonyl (C=O) groups is 1. The molecular formula is C15H27IN4O3. The summed E-state index contributed by atoms with van der Waals surface area (Å²) < 4.78 is 10.3. The van der Waals surface area contributed by atoms with Crippen molar-refractivity contribution in [3.63, 3.8) is 0 Å². The van der Waals surface area contributed by atoms with Crippen LogP contribution in [-0.2, 0) is 16.1 Å². The number of aliphatic imine (C=N–C) groups is 1. The molecule has 1 aromatic heterocycles. The van der Waals surface area contributed by atoms with Crippen molar-refractivity contribution in [1.82, 2.24) is 15.1 Å². The predicted octanol–water partition coefficient (Wildman–Crippen LogP) is 1.32. The highest BCUT2D eigenvalue weighted by Crippen LogP contribution is 2.11. The van der Waals surface area contributed by atoms with Gasteiger partial charge in [0.15, 0.2) is 5.96 Å². The third-order valence-electron chi connectivity index (χ3n) is 3.19. The summed E-state index contributed by atoms with van der Waals surface area (Å²) >= 11 is 0. The Balaban J connectivity index is 0.00000484. The van der Waals surface area contributed by atoms with Crippen LogP contribution in [0, 0.1) is 6.92 Å². The number of amides is 1. The van der Waals surface area contributed by atoms with E-state index >= 15 is 0 Å². The van der Waals surface area contributed by atoms with E-state index in [4.69, 9.17) is 9.15 Å². The summed E-state index contributed by atoms with van der Waals surface area (Å²) in [7, 11) is 7.00. The molecule has 0 aromatic carbocycles. The summed E-state index contributed by atoms with van der Waals surface area (Å²) in [4.78, 5) is 19.6. The second-order valence-corrected chi connectivity index (χ2v) is 5.21. The quantitative estimate of drug-likeness (QED) is 0.301. The normalized spacial score (nSPS) is 10.9. The van der Waals surface area contributed by atoms with E-state index < -0.39 is 0 Å². The third-order valence-corrected chi connectivity index (χ3v) is 3.19. The van der Waals surface area contributed by atoms with Crippen LogP contribution in [0.15, 0.2) is 21.7 Å². The zero-order valence-electron chi connectivity index (χ0n) is 14.5. The van der Waals surface area contributed by atoms with Crippen LogP contribution in [0.2, 0.25) is 0 Å². The molecule has 132 valence electrons. The number of hydrogen-bond acceptors (Lipinski definition) is 4. The predicted molar refractivity (Wildman–Crippen MR) is 101 cm³/mol. The first-order valence-electron chi connectivity index (χ1n) is 7.17. The molecule has 1 N–H and O–H groups in total. The van der Waals surface area contributed by atoms with Gasteiger partial charge in [-0.2, -0.15) is 0 Å². The van der Waals surface area contributed by atoms with Crippen molar-refractivity contribution < 1.29 is 13.9 Å². The fraction of sp³-hybridized carbons (Fsp3) is 0.600. The van der Waals surface area contributed by atoms with Crippen molar-refractivity contribution in [1.29, 1.82) is 0 Å². The second-order valence-electron chi connectivity index (χ2n) is 5.21. The van der Waals surface area contributed by atoms with E-state index in [9.17, 15) is 4.79 Å². The van der Waals surface area contributed by atoms with Crippen LogP contribution in [0.4, 0.5) is 0 Å². The molecule has 1 amide bonds. The smallest absolute Gasteiger partial charge is 0.243 e. The molecule has 0 aliphatic carbocycles. The van der Waals surface area contributed by atoms with E-state index in [1.54, 1.807) is 27.5 Å². The Morgan fingerprint density at radius 2 is 2.09 bits per heavy atom. The number of rotatable bonds is 7. The van der Waals surface area contributed by atoms with Crippen LogP contribution < -0.4 is 5.32 Å². The summed E-state index contributed by atoms with van der Waals surface area (Å²) in [6.07, 6.45) is 1.67.